The molecule has 142 valence electrons. The third-order valence-corrected chi connectivity index (χ3v) is 6.19. The lowest BCUT2D eigenvalue weighted by atomic mass is 9.81. The van der Waals surface area contributed by atoms with Crippen molar-refractivity contribution in [3.05, 3.63) is 29.3 Å². The Balaban J connectivity index is 1.63. The average molecular weight is 385 g/mol. The minimum Gasteiger partial charge on any atom is -0.411 e. The number of carbonyl (C=O) groups is 1. The summed E-state index contributed by atoms with van der Waals surface area (Å²) >= 11 is 1.21. The van der Waals surface area contributed by atoms with Crippen LogP contribution < -0.4 is 0 Å². The first-order valence-corrected chi connectivity index (χ1v) is 10.2. The first-order chi connectivity index (χ1) is 12.9. The molecule has 6 nitrogen and oxygen atoms in total. The zero-order chi connectivity index (χ0) is 19.4. The van der Waals surface area contributed by atoms with Gasteiger partial charge in [0.2, 0.25) is 11.8 Å². The van der Waals surface area contributed by atoms with Crippen LogP contribution in [0.4, 0.5) is 0 Å². The zero-order valence-corrected chi connectivity index (χ0v) is 16.8. The molecule has 0 unspecified atom stereocenters. The topological polar surface area (TPSA) is 83.0 Å². The molecule has 1 heterocycles. The minimum atomic E-state index is -0.671. The second kappa shape index (κ2) is 8.13. The standard InChI is InChI=1S/C20H24N4O2S/c1-14-7-8-16(11-15(14)2)18-22-23-19(26-18)27-12-17(25)24(3)20(13-21)9-5-4-6-10-20/h7-8,11H,4-6,9-10,12H2,1-3H3. The van der Waals surface area contributed by atoms with Gasteiger partial charge >= 0.3 is 0 Å². The van der Waals surface area contributed by atoms with Gasteiger partial charge in [-0.1, -0.05) is 37.1 Å². The van der Waals surface area contributed by atoms with Crippen molar-refractivity contribution >= 4 is 17.7 Å². The van der Waals surface area contributed by atoms with Crippen molar-refractivity contribution < 1.29 is 9.21 Å². The van der Waals surface area contributed by atoms with Crippen LogP contribution in [-0.2, 0) is 4.79 Å². The Morgan fingerprint density at radius 2 is 2.00 bits per heavy atom. The van der Waals surface area contributed by atoms with Gasteiger partial charge in [0.1, 0.15) is 5.54 Å². The number of carbonyl (C=O) groups excluding carboxylic acids is 1. The van der Waals surface area contributed by atoms with Crippen LogP contribution in [0.25, 0.3) is 11.5 Å². The van der Waals surface area contributed by atoms with Gasteiger partial charge in [0.05, 0.1) is 11.8 Å². The van der Waals surface area contributed by atoms with Gasteiger partial charge < -0.3 is 9.32 Å². The molecule has 0 atom stereocenters. The maximum absolute atomic E-state index is 12.6. The van der Waals surface area contributed by atoms with E-state index >= 15 is 0 Å². The van der Waals surface area contributed by atoms with Gasteiger partial charge in [0.15, 0.2) is 0 Å². The molecule has 1 saturated carbocycles. The SMILES string of the molecule is Cc1ccc(-c2nnc(SCC(=O)N(C)C3(C#N)CCCCC3)o2)cc1C. The molecule has 1 amide bonds. The molecule has 0 aliphatic heterocycles. The quantitative estimate of drug-likeness (QED) is 0.721. The van der Waals surface area contributed by atoms with Crippen LogP contribution in [0.2, 0.25) is 0 Å². The van der Waals surface area contributed by atoms with Gasteiger partial charge in [-0.15, -0.1) is 10.2 Å². The van der Waals surface area contributed by atoms with E-state index in [1.807, 2.05) is 25.1 Å². The number of aryl methyl sites for hydroxylation is 2. The van der Waals surface area contributed by atoms with Crippen LogP contribution in [-0.4, -0.2) is 39.3 Å². The zero-order valence-electron chi connectivity index (χ0n) is 16.0. The number of nitriles is 1. The molecule has 1 aromatic carbocycles. The summed E-state index contributed by atoms with van der Waals surface area (Å²) in [4.78, 5) is 14.2. The van der Waals surface area contributed by atoms with Gasteiger partial charge in [-0.3, -0.25) is 4.79 Å². The molecule has 0 N–H and O–H groups in total. The molecule has 0 saturated heterocycles. The van der Waals surface area contributed by atoms with Crippen molar-refractivity contribution in [3.8, 4) is 17.5 Å². The van der Waals surface area contributed by atoms with Crippen molar-refractivity contribution in [1.29, 1.82) is 5.26 Å². The van der Waals surface area contributed by atoms with Crippen molar-refractivity contribution in [3.63, 3.8) is 0 Å². The van der Waals surface area contributed by atoms with Crippen molar-refractivity contribution in [2.75, 3.05) is 12.8 Å². The Hall–Kier alpha value is -2.33. The lowest BCUT2D eigenvalue weighted by Gasteiger charge is -2.38. The number of hydrogen-bond donors (Lipinski definition) is 0. The van der Waals surface area contributed by atoms with Crippen LogP contribution in [0.3, 0.4) is 0 Å². The average Bonchev–Trinajstić information content (AvgIpc) is 3.17. The smallest absolute Gasteiger partial charge is 0.277 e. The number of aromatic nitrogens is 2. The summed E-state index contributed by atoms with van der Waals surface area (Å²) in [6, 6.07) is 8.35. The van der Waals surface area contributed by atoms with E-state index in [2.05, 4.69) is 23.2 Å². The molecule has 1 aliphatic carbocycles. The van der Waals surface area contributed by atoms with Crippen LogP contribution in [0.15, 0.2) is 27.8 Å². The maximum Gasteiger partial charge on any atom is 0.277 e. The van der Waals surface area contributed by atoms with E-state index in [1.165, 1.54) is 17.3 Å². The lowest BCUT2D eigenvalue weighted by molar-refractivity contribution is -0.131. The van der Waals surface area contributed by atoms with Crippen LogP contribution in [0.5, 0.6) is 0 Å². The number of thioether (sulfide) groups is 1. The van der Waals surface area contributed by atoms with E-state index in [4.69, 9.17) is 4.42 Å². The molecule has 7 heteroatoms. The number of nitrogens with zero attached hydrogens (tertiary/aromatic N) is 4. The number of amides is 1. The van der Waals surface area contributed by atoms with E-state index in [0.717, 1.165) is 43.2 Å². The maximum atomic E-state index is 12.6. The second-order valence-corrected chi connectivity index (χ2v) is 8.04. The molecule has 3 rings (SSSR count). The molecule has 0 radical (unpaired) electrons. The molecule has 2 aromatic rings. The number of hydrogen-bond acceptors (Lipinski definition) is 6. The summed E-state index contributed by atoms with van der Waals surface area (Å²) in [6.07, 6.45) is 4.59. The summed E-state index contributed by atoms with van der Waals surface area (Å²) in [6.45, 7) is 4.09. The third-order valence-electron chi connectivity index (χ3n) is 5.38. The highest BCUT2D eigenvalue weighted by Crippen LogP contribution is 2.33. The first kappa shape index (κ1) is 19.4. The summed E-state index contributed by atoms with van der Waals surface area (Å²) in [5.41, 5.74) is 2.56. The van der Waals surface area contributed by atoms with Crippen LogP contribution in [0, 0.1) is 25.2 Å². The summed E-state index contributed by atoms with van der Waals surface area (Å²) in [5.74, 6) is 0.533. The van der Waals surface area contributed by atoms with E-state index in [9.17, 15) is 10.1 Å². The molecule has 1 aliphatic rings. The largest absolute Gasteiger partial charge is 0.411 e. The van der Waals surface area contributed by atoms with Gasteiger partial charge in [-0.25, -0.2) is 0 Å². The summed E-state index contributed by atoms with van der Waals surface area (Å²) in [7, 11) is 1.73. The third kappa shape index (κ3) is 4.16. The van der Waals surface area contributed by atoms with Crippen LogP contribution in [0.1, 0.15) is 43.2 Å². The molecule has 1 fully saturated rings. The molecule has 0 bridgehead atoms. The van der Waals surface area contributed by atoms with E-state index < -0.39 is 5.54 Å². The van der Waals surface area contributed by atoms with Crippen molar-refractivity contribution in [2.24, 2.45) is 0 Å². The number of benzene rings is 1. The predicted molar refractivity (Wildman–Crippen MR) is 104 cm³/mol. The van der Waals surface area contributed by atoms with E-state index in [-0.39, 0.29) is 11.7 Å². The number of rotatable bonds is 5. The van der Waals surface area contributed by atoms with Gasteiger partial charge in [0, 0.05) is 12.6 Å². The van der Waals surface area contributed by atoms with E-state index in [1.54, 1.807) is 11.9 Å². The van der Waals surface area contributed by atoms with Gasteiger partial charge in [-0.2, -0.15) is 5.26 Å². The molecule has 27 heavy (non-hydrogen) atoms. The lowest BCUT2D eigenvalue weighted by Crippen LogP contribution is -2.50. The molecular weight excluding hydrogens is 360 g/mol. The Kier molecular flexibility index (Phi) is 5.85. The van der Waals surface area contributed by atoms with Crippen LogP contribution >= 0.6 is 11.8 Å². The highest BCUT2D eigenvalue weighted by atomic mass is 32.2. The first-order valence-electron chi connectivity index (χ1n) is 9.17. The monoisotopic (exact) mass is 384 g/mol. The predicted octanol–water partition coefficient (Wildman–Crippen LogP) is 4.13. The fraction of sp³-hybridized carbons (Fsp3) is 0.500. The van der Waals surface area contributed by atoms with Gasteiger partial charge in [-0.05, 0) is 49.9 Å². The minimum absolute atomic E-state index is 0.0885. The fourth-order valence-electron chi connectivity index (χ4n) is 3.38. The second-order valence-electron chi connectivity index (χ2n) is 7.12. The Morgan fingerprint density at radius 3 is 2.67 bits per heavy atom. The van der Waals surface area contributed by atoms with Crippen molar-refractivity contribution in [1.82, 2.24) is 15.1 Å². The van der Waals surface area contributed by atoms with Crippen molar-refractivity contribution in [2.45, 2.75) is 56.7 Å². The Morgan fingerprint density at radius 1 is 1.26 bits per heavy atom. The summed E-state index contributed by atoms with van der Waals surface area (Å²) < 4.78 is 5.70. The highest BCUT2D eigenvalue weighted by molar-refractivity contribution is 7.99. The fourth-order valence-corrected chi connectivity index (χ4v) is 4.05. The molecule has 0 spiro atoms. The van der Waals surface area contributed by atoms with Gasteiger partial charge in [0.25, 0.3) is 5.22 Å². The molecule has 1 aromatic heterocycles. The highest BCUT2D eigenvalue weighted by Gasteiger charge is 2.38. The molecular formula is C20H24N4O2S. The normalized spacial score (nSPS) is 15.9. The summed E-state index contributed by atoms with van der Waals surface area (Å²) in [5, 5.41) is 18.1. The Bertz CT molecular complexity index is 865. The Labute approximate surface area is 164 Å². The van der Waals surface area contributed by atoms with E-state index in [0.29, 0.717) is 11.1 Å².